The van der Waals surface area contributed by atoms with Crippen LogP contribution in [0.2, 0.25) is 0 Å². The third kappa shape index (κ3) is 9.20. The van der Waals surface area contributed by atoms with E-state index >= 15 is 0 Å². The Kier molecular flexibility index (Phi) is 14.2. The fraction of sp³-hybridized carbons (Fsp3) is 0.267. The summed E-state index contributed by atoms with van der Waals surface area (Å²) in [6, 6.07) is 75.2. The van der Waals surface area contributed by atoms with Gasteiger partial charge in [0.2, 0.25) is 0 Å². The molecule has 0 N–H and O–H groups in total. The van der Waals surface area contributed by atoms with Crippen LogP contribution in [0.15, 0.2) is 259 Å². The quantitative estimate of drug-likeness (QED) is 0.106. The molecule has 12 aromatic rings. The molecule has 20 rings (SSSR count). The average molecular weight is 1360 g/mol. The summed E-state index contributed by atoms with van der Waals surface area (Å²) in [5.74, 6) is 1.73. The van der Waals surface area contributed by atoms with E-state index in [4.69, 9.17) is 0 Å². The number of hydrogen-bond acceptors (Lipinski definition) is 2. The Labute approximate surface area is 575 Å². The van der Waals surface area contributed by atoms with Crippen molar-refractivity contribution in [2.24, 2.45) is 23.7 Å². The van der Waals surface area contributed by atoms with Crippen LogP contribution in [0.5, 0.6) is 0 Å². The Morgan fingerprint density at radius 3 is 1.29 bits per heavy atom. The number of fused-ring (bicyclic) bond motifs is 13. The number of nitrogens with zero attached hydrogens (tertiary/aromatic N) is 4. The topological polar surface area (TPSA) is 16.3 Å². The standard InChI is InChI=1S/C90H81BN4Te/c1-5-25-58(26-6-1)66-38-23-39-67(59-27-7-2-8-28-59)89(66)94-82-56-64(92-78-42-18-13-33-70(78)71-34-14-19-43-79(71)92)48-50-76(82)91-77-51-49-65(93-80-44-20-15-35-72(80)73-36-16-21-45-81(73)93)57-83(77)95(90-68(60-29-9-3-10-30-60)40-24-41-69(90)61-31-11-4-12-32-61)85-55-63(54-84(94)88(85)91)62-47-52-87-75(53-62)74-37-17-22-46-86(74)96-87/h1,3,5,9,13-22,27,31,33-38,40,42-58,60,67,69,89-90H,2,4,6-8,10-12,23-26,28-30,32,39,41H2. The first-order chi connectivity index (χ1) is 47.7. The molecular formula is C90H81BN4Te. The molecular weight excluding hydrogens is 1280 g/mol. The fourth-order valence-corrected chi connectivity index (χ4v) is 23.2. The van der Waals surface area contributed by atoms with Crippen LogP contribution in [-0.4, -0.2) is 48.4 Å². The van der Waals surface area contributed by atoms with Crippen molar-refractivity contribution in [2.45, 2.75) is 128 Å². The molecule has 9 aromatic carbocycles. The molecule has 0 saturated heterocycles. The molecule has 0 bridgehead atoms. The van der Waals surface area contributed by atoms with E-state index in [1.54, 1.807) is 29.1 Å². The first-order valence-corrected chi connectivity index (χ1v) is 39.0. The van der Waals surface area contributed by atoms with Gasteiger partial charge in [0.05, 0.1) is 22.1 Å². The van der Waals surface area contributed by atoms with Crippen LogP contribution < -0.4 is 26.2 Å². The smallest absolute Gasteiger partial charge is 0.0345 e. The van der Waals surface area contributed by atoms with E-state index in [0.29, 0.717) is 23.7 Å². The second kappa shape index (κ2) is 23.6. The molecule has 0 spiro atoms. The van der Waals surface area contributed by atoms with Crippen molar-refractivity contribution in [3.63, 3.8) is 0 Å². The predicted octanol–water partition coefficient (Wildman–Crippen LogP) is 21.5. The molecule has 6 heteroatoms. The number of hydrogen-bond donors (Lipinski definition) is 0. The molecule has 0 radical (unpaired) electrons. The zero-order valence-corrected chi connectivity index (χ0v) is 57.3. The van der Waals surface area contributed by atoms with E-state index < -0.39 is 20.4 Å². The van der Waals surface area contributed by atoms with Gasteiger partial charge >= 0.3 is 363 Å². The summed E-state index contributed by atoms with van der Waals surface area (Å²) in [4.78, 5) is 6.15. The maximum absolute atomic E-state index is 3.07. The fourth-order valence-electron chi connectivity index (χ4n) is 20.1. The van der Waals surface area contributed by atoms with Crippen molar-refractivity contribution in [1.82, 2.24) is 9.13 Å². The van der Waals surface area contributed by atoms with E-state index in [2.05, 4.69) is 256 Å². The van der Waals surface area contributed by atoms with Gasteiger partial charge in [-0.3, -0.25) is 0 Å². The van der Waals surface area contributed by atoms with Gasteiger partial charge < -0.3 is 0 Å². The number of benzene rings is 9. The van der Waals surface area contributed by atoms with Gasteiger partial charge in [-0.1, -0.05) is 97.1 Å². The number of aromatic nitrogens is 2. The van der Waals surface area contributed by atoms with Crippen molar-refractivity contribution in [3.8, 4) is 22.5 Å². The van der Waals surface area contributed by atoms with Crippen LogP contribution in [-0.2, 0) is 0 Å². The van der Waals surface area contributed by atoms with E-state index in [1.165, 1.54) is 193 Å². The van der Waals surface area contributed by atoms with Crippen LogP contribution in [0.3, 0.4) is 0 Å². The zero-order chi connectivity index (χ0) is 63.0. The van der Waals surface area contributed by atoms with Gasteiger partial charge in [-0.2, -0.15) is 0 Å². The van der Waals surface area contributed by atoms with Crippen molar-refractivity contribution >= 4 is 127 Å². The van der Waals surface area contributed by atoms with Crippen LogP contribution >= 0.6 is 0 Å². The Balaban J connectivity index is 0.928. The first-order valence-electron chi connectivity index (χ1n) is 36.7. The van der Waals surface area contributed by atoms with Gasteiger partial charge in [0.15, 0.2) is 0 Å². The van der Waals surface area contributed by atoms with Crippen molar-refractivity contribution < 1.29 is 0 Å². The van der Waals surface area contributed by atoms with E-state index in [1.807, 2.05) is 0 Å². The molecule has 470 valence electrons. The molecule has 0 fully saturated rings. The summed E-state index contributed by atoms with van der Waals surface area (Å²) < 4.78 is 8.33. The van der Waals surface area contributed by atoms with Gasteiger partial charge in [0, 0.05) is 21.5 Å². The second-order valence-electron chi connectivity index (χ2n) is 29.3. The molecule has 3 aromatic heterocycles. The Bertz CT molecular complexity index is 4990. The second-order valence-corrected chi connectivity index (χ2v) is 32.4. The normalized spacial score (nSPS) is 22.6. The number of anilines is 4. The third-order valence-corrected chi connectivity index (χ3v) is 27.6. The van der Waals surface area contributed by atoms with E-state index in [9.17, 15) is 0 Å². The monoisotopic (exact) mass is 1360 g/mol. The molecule has 96 heavy (non-hydrogen) atoms. The number of para-hydroxylation sites is 4. The van der Waals surface area contributed by atoms with Gasteiger partial charge in [0.1, 0.15) is 0 Å². The Morgan fingerprint density at radius 2 is 0.823 bits per heavy atom. The predicted molar refractivity (Wildman–Crippen MR) is 410 cm³/mol. The summed E-state index contributed by atoms with van der Waals surface area (Å²) >= 11 is -0.502. The Hall–Kier alpha value is -8.53. The van der Waals surface area contributed by atoms with E-state index in [0.717, 1.165) is 38.5 Å². The molecule has 2 aliphatic heterocycles. The number of allylic oxidation sites excluding steroid dienone is 8. The summed E-state index contributed by atoms with van der Waals surface area (Å²) in [5.41, 5.74) is 26.9. The SMILES string of the molecule is C1=CCC(C2=CCCC(C3=CCCCC3)C2N2c3cc(-n4c5ccccc5c5ccccc54)ccc3B3c4ccc(-n5c6ccccc6c6ccccc65)cc4N(C4C(C5CC=CCC5)=CCCC4C4=CCCCC4)c4cc(-c5ccc6[te]c7ccccc7c6c5)cc2c43)CC1. The zero-order valence-electron chi connectivity index (χ0n) is 55.0. The minimum Gasteiger partial charge on any atom is -0.0345 e. The molecule has 8 aliphatic rings. The summed E-state index contributed by atoms with van der Waals surface area (Å²) in [6.07, 6.45) is 42.4. The average Bonchev–Trinajstić information content (AvgIpc) is 0.834. The molecule has 6 atom stereocenters. The summed E-state index contributed by atoms with van der Waals surface area (Å²) in [5, 5.41) is 8.11. The molecule has 6 unspecified atom stereocenters. The molecule has 0 amide bonds. The summed E-state index contributed by atoms with van der Waals surface area (Å²) in [6.45, 7) is -0.0413. The molecule has 6 aliphatic carbocycles. The minimum absolute atomic E-state index is 0.0413. The summed E-state index contributed by atoms with van der Waals surface area (Å²) in [7, 11) is 0. The van der Waals surface area contributed by atoms with Gasteiger partial charge in [-0.05, 0) is 75.6 Å². The number of rotatable bonds is 9. The minimum atomic E-state index is -0.502. The van der Waals surface area contributed by atoms with Crippen molar-refractivity contribution in [2.75, 3.05) is 9.80 Å². The molecule has 0 saturated carbocycles. The van der Waals surface area contributed by atoms with E-state index in [-0.39, 0.29) is 18.8 Å². The van der Waals surface area contributed by atoms with Gasteiger partial charge in [-0.15, -0.1) is 0 Å². The maximum atomic E-state index is 3.07. The van der Waals surface area contributed by atoms with Crippen LogP contribution in [0.4, 0.5) is 22.7 Å². The van der Waals surface area contributed by atoms with Crippen LogP contribution in [0.25, 0.3) is 83.7 Å². The van der Waals surface area contributed by atoms with Crippen LogP contribution in [0.1, 0.15) is 116 Å². The van der Waals surface area contributed by atoms with Gasteiger partial charge in [0.25, 0.3) is 0 Å². The third-order valence-electron chi connectivity index (χ3n) is 24.3. The van der Waals surface area contributed by atoms with Crippen LogP contribution in [0, 0.1) is 23.7 Å². The molecule has 4 nitrogen and oxygen atoms in total. The first kappa shape index (κ1) is 57.7. The Morgan fingerprint density at radius 1 is 0.354 bits per heavy atom. The van der Waals surface area contributed by atoms with Gasteiger partial charge in [-0.25, -0.2) is 0 Å². The molecule has 5 heterocycles. The van der Waals surface area contributed by atoms with Crippen molar-refractivity contribution in [3.05, 3.63) is 259 Å². The van der Waals surface area contributed by atoms with Crippen molar-refractivity contribution in [1.29, 1.82) is 0 Å².